The minimum Gasteiger partial charge on any atom is -0.434 e. The maximum atomic E-state index is 12.3. The number of para-hydroxylation sites is 1. The van der Waals surface area contributed by atoms with Gasteiger partial charge in [-0.25, -0.2) is 0 Å². The number of ether oxygens (including phenoxy) is 2. The third-order valence-corrected chi connectivity index (χ3v) is 2.53. The molecule has 0 aromatic heterocycles. The topological polar surface area (TPSA) is 47.6 Å². The highest BCUT2D eigenvalue weighted by Crippen LogP contribution is 2.26. The second-order valence-electron chi connectivity index (χ2n) is 4.57. The largest absolute Gasteiger partial charge is 0.434 e. The smallest absolute Gasteiger partial charge is 0.387 e. The van der Waals surface area contributed by atoms with Gasteiger partial charge in [0.25, 0.3) is 0 Å². The van der Waals surface area contributed by atoms with Crippen molar-refractivity contribution in [3.05, 3.63) is 29.8 Å². The minimum absolute atomic E-state index is 0.0505. The predicted octanol–water partition coefficient (Wildman–Crippen LogP) is 2.89. The van der Waals surface area contributed by atoms with Crippen LogP contribution in [0.2, 0.25) is 0 Å². The van der Waals surface area contributed by atoms with Crippen LogP contribution in [0, 0.1) is 0 Å². The highest BCUT2D eigenvalue weighted by molar-refractivity contribution is 5.77. The Hall–Kier alpha value is -1.69. The zero-order valence-electron chi connectivity index (χ0n) is 11.7. The SMILES string of the molecule is CC(C)OCC(=O)NC(C)c1ccccc1OC(F)F. The van der Waals surface area contributed by atoms with Crippen LogP contribution < -0.4 is 10.1 Å². The molecule has 1 aromatic carbocycles. The summed E-state index contributed by atoms with van der Waals surface area (Å²) in [5, 5.41) is 2.68. The Morgan fingerprint density at radius 2 is 1.90 bits per heavy atom. The maximum absolute atomic E-state index is 12.3. The normalized spacial score (nSPS) is 12.6. The summed E-state index contributed by atoms with van der Waals surface area (Å²) in [6, 6.07) is 5.91. The van der Waals surface area contributed by atoms with E-state index in [0.29, 0.717) is 5.56 Å². The molecule has 0 aliphatic rings. The Labute approximate surface area is 117 Å². The van der Waals surface area contributed by atoms with Gasteiger partial charge in [0.05, 0.1) is 12.1 Å². The average molecular weight is 287 g/mol. The fraction of sp³-hybridized carbons (Fsp3) is 0.500. The van der Waals surface area contributed by atoms with E-state index in [0.717, 1.165) is 0 Å². The van der Waals surface area contributed by atoms with Gasteiger partial charge in [0.2, 0.25) is 5.91 Å². The van der Waals surface area contributed by atoms with Crippen LogP contribution >= 0.6 is 0 Å². The molecule has 1 aromatic rings. The molecule has 1 rings (SSSR count). The molecule has 1 amide bonds. The monoisotopic (exact) mass is 287 g/mol. The maximum Gasteiger partial charge on any atom is 0.387 e. The molecule has 0 fully saturated rings. The summed E-state index contributed by atoms with van der Waals surface area (Å²) in [5.74, 6) is -0.252. The molecule has 0 saturated heterocycles. The number of hydrogen-bond donors (Lipinski definition) is 1. The van der Waals surface area contributed by atoms with Gasteiger partial charge in [0.1, 0.15) is 12.4 Å². The van der Waals surface area contributed by atoms with Gasteiger partial charge in [0.15, 0.2) is 0 Å². The van der Waals surface area contributed by atoms with Crippen LogP contribution in [0.4, 0.5) is 8.78 Å². The van der Waals surface area contributed by atoms with E-state index in [1.165, 1.54) is 6.07 Å². The highest BCUT2D eigenvalue weighted by atomic mass is 19.3. The second-order valence-corrected chi connectivity index (χ2v) is 4.57. The van der Waals surface area contributed by atoms with Gasteiger partial charge in [-0.2, -0.15) is 8.78 Å². The molecule has 0 saturated carbocycles. The van der Waals surface area contributed by atoms with E-state index in [2.05, 4.69) is 10.1 Å². The standard InChI is InChI=1S/C14H19F2NO3/c1-9(2)19-8-13(18)17-10(3)11-6-4-5-7-12(11)20-14(15)16/h4-7,9-10,14H,8H2,1-3H3,(H,17,18). The first-order valence-corrected chi connectivity index (χ1v) is 6.35. The molecule has 1 N–H and O–H groups in total. The summed E-state index contributed by atoms with van der Waals surface area (Å²) in [4.78, 5) is 11.6. The first-order chi connectivity index (χ1) is 9.40. The van der Waals surface area contributed by atoms with Crippen molar-refractivity contribution in [2.45, 2.75) is 39.5 Å². The summed E-state index contributed by atoms with van der Waals surface area (Å²) in [6.45, 7) is 2.37. The molecule has 0 bridgehead atoms. The second kappa shape index (κ2) is 7.79. The molecule has 0 radical (unpaired) electrons. The molecule has 1 unspecified atom stereocenters. The number of hydrogen-bond acceptors (Lipinski definition) is 3. The van der Waals surface area contributed by atoms with E-state index in [9.17, 15) is 13.6 Å². The highest BCUT2D eigenvalue weighted by Gasteiger charge is 2.16. The summed E-state index contributed by atoms with van der Waals surface area (Å²) < 4.78 is 34.2. The van der Waals surface area contributed by atoms with Crippen molar-refractivity contribution in [3.63, 3.8) is 0 Å². The van der Waals surface area contributed by atoms with Gasteiger partial charge in [-0.05, 0) is 26.8 Å². The summed E-state index contributed by atoms with van der Waals surface area (Å²) >= 11 is 0. The van der Waals surface area contributed by atoms with E-state index >= 15 is 0 Å². The number of carbonyl (C=O) groups excluding carboxylic acids is 1. The van der Waals surface area contributed by atoms with Crippen LogP contribution in [-0.4, -0.2) is 25.2 Å². The lowest BCUT2D eigenvalue weighted by molar-refractivity contribution is -0.127. The number of benzene rings is 1. The predicted molar refractivity (Wildman–Crippen MR) is 70.7 cm³/mol. The van der Waals surface area contributed by atoms with Crippen molar-refractivity contribution in [1.29, 1.82) is 0 Å². The fourth-order valence-corrected chi connectivity index (χ4v) is 1.64. The molecular formula is C14H19F2NO3. The quantitative estimate of drug-likeness (QED) is 0.839. The molecule has 20 heavy (non-hydrogen) atoms. The lowest BCUT2D eigenvalue weighted by Crippen LogP contribution is -2.31. The van der Waals surface area contributed by atoms with Gasteiger partial charge >= 0.3 is 6.61 Å². The van der Waals surface area contributed by atoms with E-state index in [-0.39, 0.29) is 24.4 Å². The number of nitrogens with one attached hydrogen (secondary N) is 1. The molecule has 0 heterocycles. The van der Waals surface area contributed by atoms with Crippen LogP contribution in [0.15, 0.2) is 24.3 Å². The Balaban J connectivity index is 2.67. The van der Waals surface area contributed by atoms with Crippen molar-refractivity contribution in [1.82, 2.24) is 5.32 Å². The molecule has 4 nitrogen and oxygen atoms in total. The van der Waals surface area contributed by atoms with Crippen molar-refractivity contribution in [3.8, 4) is 5.75 Å². The van der Waals surface area contributed by atoms with Crippen molar-refractivity contribution < 1.29 is 23.0 Å². The first kappa shape index (κ1) is 16.4. The third kappa shape index (κ3) is 5.52. The van der Waals surface area contributed by atoms with Gasteiger partial charge in [-0.15, -0.1) is 0 Å². The summed E-state index contributed by atoms with van der Waals surface area (Å²) in [7, 11) is 0. The van der Waals surface area contributed by atoms with Gasteiger partial charge in [-0.3, -0.25) is 4.79 Å². The molecule has 0 aliphatic heterocycles. The fourth-order valence-electron chi connectivity index (χ4n) is 1.64. The molecule has 112 valence electrons. The lowest BCUT2D eigenvalue weighted by Gasteiger charge is -2.18. The summed E-state index contributed by atoms with van der Waals surface area (Å²) in [5.41, 5.74) is 0.491. The van der Waals surface area contributed by atoms with E-state index < -0.39 is 12.7 Å². The molecule has 0 aliphatic carbocycles. The van der Waals surface area contributed by atoms with E-state index in [1.807, 2.05) is 13.8 Å². The van der Waals surface area contributed by atoms with Gasteiger partial charge in [0, 0.05) is 5.56 Å². The van der Waals surface area contributed by atoms with Gasteiger partial charge in [-0.1, -0.05) is 18.2 Å². The van der Waals surface area contributed by atoms with Crippen LogP contribution in [-0.2, 0) is 9.53 Å². The molecule has 1 atom stereocenters. The van der Waals surface area contributed by atoms with Crippen molar-refractivity contribution in [2.24, 2.45) is 0 Å². The third-order valence-electron chi connectivity index (χ3n) is 2.53. The molecule has 0 spiro atoms. The Bertz CT molecular complexity index is 438. The minimum atomic E-state index is -2.90. The number of rotatable bonds is 7. The number of alkyl halides is 2. The van der Waals surface area contributed by atoms with Crippen LogP contribution in [0.25, 0.3) is 0 Å². The van der Waals surface area contributed by atoms with Crippen molar-refractivity contribution >= 4 is 5.91 Å². The number of halogens is 2. The average Bonchev–Trinajstić information content (AvgIpc) is 2.36. The van der Waals surface area contributed by atoms with Crippen LogP contribution in [0.3, 0.4) is 0 Å². The zero-order chi connectivity index (χ0) is 15.1. The van der Waals surface area contributed by atoms with E-state index in [4.69, 9.17) is 4.74 Å². The number of amides is 1. The molecular weight excluding hydrogens is 268 g/mol. The van der Waals surface area contributed by atoms with Crippen LogP contribution in [0.5, 0.6) is 5.75 Å². The zero-order valence-corrected chi connectivity index (χ0v) is 11.7. The lowest BCUT2D eigenvalue weighted by atomic mass is 10.1. The van der Waals surface area contributed by atoms with Gasteiger partial charge < -0.3 is 14.8 Å². The summed E-state index contributed by atoms with van der Waals surface area (Å²) in [6.07, 6.45) is -0.0505. The van der Waals surface area contributed by atoms with E-state index in [1.54, 1.807) is 25.1 Å². The Morgan fingerprint density at radius 1 is 1.25 bits per heavy atom. The Kier molecular flexibility index (Phi) is 6.38. The molecule has 6 heteroatoms. The Morgan fingerprint density at radius 3 is 2.50 bits per heavy atom. The first-order valence-electron chi connectivity index (χ1n) is 6.35. The number of carbonyl (C=O) groups is 1. The van der Waals surface area contributed by atoms with Crippen molar-refractivity contribution in [2.75, 3.05) is 6.61 Å². The van der Waals surface area contributed by atoms with Crippen LogP contribution in [0.1, 0.15) is 32.4 Å².